The van der Waals surface area contributed by atoms with Gasteiger partial charge in [-0.25, -0.2) is 0 Å². The Morgan fingerprint density at radius 3 is 2.84 bits per heavy atom. The van der Waals surface area contributed by atoms with E-state index in [0.717, 1.165) is 57.3 Å². The Labute approximate surface area is 114 Å². The number of nitrogens with zero attached hydrogens (tertiary/aromatic N) is 4. The van der Waals surface area contributed by atoms with E-state index >= 15 is 0 Å². The highest BCUT2D eigenvalue weighted by atomic mass is 16.5. The fourth-order valence-electron chi connectivity index (χ4n) is 2.73. The third kappa shape index (κ3) is 3.13. The van der Waals surface area contributed by atoms with Gasteiger partial charge in [0, 0.05) is 38.5 Å². The molecule has 1 aromatic heterocycles. The maximum atomic E-state index is 5.35. The van der Waals surface area contributed by atoms with Gasteiger partial charge in [0.15, 0.2) is 5.82 Å². The molecular formula is C13H23N5O. The molecule has 1 aromatic rings. The summed E-state index contributed by atoms with van der Waals surface area (Å²) in [6.07, 6.45) is 1.80. The molecule has 1 unspecified atom stereocenters. The summed E-state index contributed by atoms with van der Waals surface area (Å²) in [6.45, 7) is 5.48. The van der Waals surface area contributed by atoms with Crippen LogP contribution in [-0.4, -0.2) is 72.8 Å². The van der Waals surface area contributed by atoms with E-state index in [-0.39, 0.29) is 0 Å². The minimum absolute atomic E-state index is 0.495. The molecule has 6 nitrogen and oxygen atoms in total. The molecule has 0 amide bonds. The Kier molecular flexibility index (Phi) is 3.81. The Balaban J connectivity index is 1.56. The summed E-state index contributed by atoms with van der Waals surface area (Å²) in [5.41, 5.74) is 0. The van der Waals surface area contributed by atoms with Crippen molar-refractivity contribution < 1.29 is 4.52 Å². The van der Waals surface area contributed by atoms with E-state index in [0.29, 0.717) is 12.0 Å². The molecule has 19 heavy (non-hydrogen) atoms. The zero-order chi connectivity index (χ0) is 13.2. The second-order valence-corrected chi connectivity index (χ2v) is 5.93. The normalized spacial score (nSPS) is 26.5. The summed E-state index contributed by atoms with van der Waals surface area (Å²) in [5, 5.41) is 7.39. The van der Waals surface area contributed by atoms with Crippen molar-refractivity contribution in [1.29, 1.82) is 0 Å². The van der Waals surface area contributed by atoms with Crippen LogP contribution in [0, 0.1) is 5.92 Å². The molecule has 0 bridgehead atoms. The van der Waals surface area contributed by atoms with Crippen LogP contribution in [0.4, 0.5) is 0 Å². The van der Waals surface area contributed by atoms with Crippen molar-refractivity contribution in [3.8, 4) is 0 Å². The van der Waals surface area contributed by atoms with Crippen LogP contribution in [-0.2, 0) is 12.8 Å². The van der Waals surface area contributed by atoms with Crippen LogP contribution >= 0.6 is 0 Å². The highest BCUT2D eigenvalue weighted by Crippen LogP contribution is 2.14. The van der Waals surface area contributed by atoms with Gasteiger partial charge in [0.2, 0.25) is 5.89 Å². The van der Waals surface area contributed by atoms with E-state index in [1.807, 2.05) is 0 Å². The summed E-state index contributed by atoms with van der Waals surface area (Å²) >= 11 is 0. The summed E-state index contributed by atoms with van der Waals surface area (Å²) < 4.78 is 5.35. The lowest BCUT2D eigenvalue weighted by molar-refractivity contribution is 0.113. The topological polar surface area (TPSA) is 57.4 Å². The van der Waals surface area contributed by atoms with Crippen molar-refractivity contribution in [3.05, 3.63) is 11.7 Å². The van der Waals surface area contributed by atoms with Crippen LogP contribution in [0.1, 0.15) is 11.7 Å². The van der Waals surface area contributed by atoms with Crippen molar-refractivity contribution in [2.24, 2.45) is 5.92 Å². The number of aromatic nitrogens is 2. The quantitative estimate of drug-likeness (QED) is 0.801. The second-order valence-electron chi connectivity index (χ2n) is 5.93. The zero-order valence-corrected chi connectivity index (χ0v) is 11.8. The molecule has 0 aliphatic carbocycles. The zero-order valence-electron chi connectivity index (χ0n) is 11.8. The summed E-state index contributed by atoms with van der Waals surface area (Å²) in [6, 6.07) is 0.495. The van der Waals surface area contributed by atoms with Gasteiger partial charge in [0.1, 0.15) is 0 Å². The third-order valence-corrected chi connectivity index (χ3v) is 4.24. The first-order chi connectivity index (χ1) is 9.20. The maximum absolute atomic E-state index is 5.35. The second kappa shape index (κ2) is 5.56. The summed E-state index contributed by atoms with van der Waals surface area (Å²) in [7, 11) is 4.35. The van der Waals surface area contributed by atoms with Crippen LogP contribution in [0.5, 0.6) is 0 Å². The van der Waals surface area contributed by atoms with Gasteiger partial charge in [-0.05, 0) is 33.1 Å². The first kappa shape index (κ1) is 13.0. The molecule has 2 aliphatic rings. The maximum Gasteiger partial charge on any atom is 0.227 e. The molecule has 0 spiro atoms. The smallest absolute Gasteiger partial charge is 0.227 e. The van der Waals surface area contributed by atoms with E-state index in [1.165, 1.54) is 0 Å². The molecule has 0 radical (unpaired) electrons. The predicted octanol–water partition coefficient (Wildman–Crippen LogP) is -0.380. The van der Waals surface area contributed by atoms with Crippen molar-refractivity contribution in [1.82, 2.24) is 25.3 Å². The number of likely N-dealkylation sites (N-methyl/N-ethyl adjacent to an activating group) is 2. The van der Waals surface area contributed by atoms with Gasteiger partial charge in [-0.2, -0.15) is 4.98 Å². The highest BCUT2D eigenvalue weighted by molar-refractivity contribution is 4.95. The van der Waals surface area contributed by atoms with Gasteiger partial charge in [-0.1, -0.05) is 5.16 Å². The summed E-state index contributed by atoms with van der Waals surface area (Å²) in [4.78, 5) is 9.30. The first-order valence-corrected chi connectivity index (χ1v) is 7.11. The lowest BCUT2D eigenvalue weighted by Crippen LogP contribution is -2.50. The van der Waals surface area contributed by atoms with Gasteiger partial charge < -0.3 is 19.6 Å². The van der Waals surface area contributed by atoms with E-state index in [1.54, 1.807) is 0 Å². The Bertz CT molecular complexity index is 417. The molecule has 0 aromatic carbocycles. The lowest BCUT2D eigenvalue weighted by atomic mass is 10.00. The van der Waals surface area contributed by atoms with Crippen LogP contribution < -0.4 is 5.32 Å². The van der Waals surface area contributed by atoms with Gasteiger partial charge in [-0.15, -0.1) is 0 Å². The largest absolute Gasteiger partial charge is 0.339 e. The van der Waals surface area contributed by atoms with Crippen molar-refractivity contribution in [3.63, 3.8) is 0 Å². The van der Waals surface area contributed by atoms with Crippen LogP contribution in [0.3, 0.4) is 0 Å². The lowest BCUT2D eigenvalue weighted by Gasteiger charge is -2.37. The van der Waals surface area contributed by atoms with Crippen molar-refractivity contribution in [2.45, 2.75) is 18.9 Å². The molecule has 106 valence electrons. The van der Waals surface area contributed by atoms with Gasteiger partial charge in [0.05, 0.1) is 0 Å². The van der Waals surface area contributed by atoms with Gasteiger partial charge in [0.25, 0.3) is 0 Å². The number of nitrogens with one attached hydrogen (secondary N) is 1. The van der Waals surface area contributed by atoms with Crippen molar-refractivity contribution >= 4 is 0 Å². The van der Waals surface area contributed by atoms with Crippen LogP contribution in [0.15, 0.2) is 4.52 Å². The average molecular weight is 265 g/mol. The summed E-state index contributed by atoms with van der Waals surface area (Å²) in [5.74, 6) is 2.33. The number of hydrogen-bond acceptors (Lipinski definition) is 6. The van der Waals surface area contributed by atoms with Gasteiger partial charge >= 0.3 is 0 Å². The van der Waals surface area contributed by atoms with E-state index < -0.39 is 0 Å². The first-order valence-electron chi connectivity index (χ1n) is 7.11. The van der Waals surface area contributed by atoms with Crippen LogP contribution in [0.2, 0.25) is 0 Å². The number of hydrogen-bond donors (Lipinski definition) is 1. The molecule has 3 rings (SSSR count). The molecule has 0 saturated carbocycles. The van der Waals surface area contributed by atoms with E-state index in [2.05, 4.69) is 39.4 Å². The third-order valence-electron chi connectivity index (χ3n) is 4.24. The average Bonchev–Trinajstić information content (AvgIpc) is 2.76. The monoisotopic (exact) mass is 265 g/mol. The molecule has 2 saturated heterocycles. The molecular weight excluding hydrogens is 242 g/mol. The molecule has 1 atom stereocenters. The number of rotatable bonds is 4. The molecule has 1 N–H and O–H groups in total. The Morgan fingerprint density at radius 2 is 2.11 bits per heavy atom. The Morgan fingerprint density at radius 1 is 1.26 bits per heavy atom. The number of piperazine rings is 1. The van der Waals surface area contributed by atoms with Crippen molar-refractivity contribution in [2.75, 3.05) is 46.8 Å². The fourth-order valence-corrected chi connectivity index (χ4v) is 2.73. The highest BCUT2D eigenvalue weighted by Gasteiger charge is 2.25. The van der Waals surface area contributed by atoms with E-state index in [9.17, 15) is 0 Å². The fraction of sp³-hybridized carbons (Fsp3) is 0.846. The molecule has 3 heterocycles. The van der Waals surface area contributed by atoms with Gasteiger partial charge in [-0.3, -0.25) is 0 Å². The predicted molar refractivity (Wildman–Crippen MR) is 72.0 cm³/mol. The standard InChI is InChI=1S/C13H23N5O/c1-17-3-4-18(2)11(9-17)6-12-15-13(19-16-12)5-10-7-14-8-10/h10-11,14H,3-9H2,1-2H3. The van der Waals surface area contributed by atoms with Crippen LogP contribution in [0.25, 0.3) is 0 Å². The van der Waals surface area contributed by atoms with E-state index in [4.69, 9.17) is 4.52 Å². The molecule has 6 heteroatoms. The minimum atomic E-state index is 0.495. The Hall–Kier alpha value is -0.980. The minimum Gasteiger partial charge on any atom is -0.339 e. The molecule has 2 fully saturated rings. The SMILES string of the molecule is CN1CCN(C)C(Cc2noc(CC3CNC3)n2)C1. The molecule has 2 aliphatic heterocycles.